The lowest BCUT2D eigenvalue weighted by Crippen LogP contribution is -2.29. The van der Waals surface area contributed by atoms with Gasteiger partial charge < -0.3 is 48.9 Å². The molecule has 4 aromatic carbocycles. The van der Waals surface area contributed by atoms with E-state index in [9.17, 15) is 8.78 Å². The number of nitrogens with one attached hydrogen (secondary N) is 2. The summed E-state index contributed by atoms with van der Waals surface area (Å²) in [5, 5.41) is 21.6. The molecule has 62 heavy (non-hydrogen) atoms. The molecule has 0 saturated carbocycles. The van der Waals surface area contributed by atoms with Crippen molar-refractivity contribution in [2.45, 2.75) is 51.6 Å². The van der Waals surface area contributed by atoms with Gasteiger partial charge >= 0.3 is 11.9 Å². The van der Waals surface area contributed by atoms with Crippen molar-refractivity contribution in [2.24, 2.45) is 11.8 Å². The number of carbonyl (C=O) groups is 2. The zero-order chi connectivity index (χ0) is 44.2. The topological polar surface area (TPSA) is 171 Å². The van der Waals surface area contributed by atoms with E-state index in [2.05, 4.69) is 19.8 Å². The number of rotatable bonds is 12. The van der Waals surface area contributed by atoms with Gasteiger partial charge in [-0.2, -0.15) is 0 Å². The molecule has 0 unspecified atom stereocenters. The van der Waals surface area contributed by atoms with Crippen molar-refractivity contribution in [3.63, 3.8) is 0 Å². The number of fused-ring (bicyclic) bond motifs is 2. The molecule has 4 N–H and O–H groups in total. The molecule has 0 spiro atoms. The highest BCUT2D eigenvalue weighted by Gasteiger charge is 2.22. The highest BCUT2D eigenvalue weighted by Crippen LogP contribution is 2.35. The number of methoxy groups -OCH3 is 4. The van der Waals surface area contributed by atoms with E-state index in [1.165, 1.54) is 24.3 Å². The smallest absolute Gasteiger partial charge is 0.414 e. The van der Waals surface area contributed by atoms with Crippen molar-refractivity contribution in [3.05, 3.63) is 107 Å². The summed E-state index contributed by atoms with van der Waals surface area (Å²) in [4.78, 5) is 28.1. The summed E-state index contributed by atoms with van der Waals surface area (Å²) >= 11 is 0. The van der Waals surface area contributed by atoms with Gasteiger partial charge in [0.2, 0.25) is 0 Å². The molecule has 0 radical (unpaired) electrons. The Morgan fingerprint density at radius 2 is 0.903 bits per heavy atom. The number of benzene rings is 4. The standard InChI is InChI=1S/2C22H26FN3O2.C2H2O4/c2*1-27-20-12-18-19(13-21(20)28-2)26(14-16-3-5-17(23)6-4-16)22(25-18)11-15-7-9-24-10-8-15;3-1(4)2(5)6/h2*3-6,12-13,15,24H,7-11,14H2,1-2H3;(H,3,4)(H,5,6). The maximum Gasteiger partial charge on any atom is 0.414 e. The average molecular weight is 857 g/mol. The number of halogens is 2. The minimum Gasteiger partial charge on any atom is -0.493 e. The van der Waals surface area contributed by atoms with Crippen molar-refractivity contribution in [1.29, 1.82) is 0 Å². The van der Waals surface area contributed by atoms with E-state index >= 15 is 0 Å². The van der Waals surface area contributed by atoms with Crippen molar-refractivity contribution < 1.29 is 47.5 Å². The highest BCUT2D eigenvalue weighted by atomic mass is 19.1. The summed E-state index contributed by atoms with van der Waals surface area (Å²) in [5.41, 5.74) is 5.88. The van der Waals surface area contributed by atoms with Crippen LogP contribution < -0.4 is 29.6 Å². The van der Waals surface area contributed by atoms with Crippen LogP contribution in [0, 0.1) is 23.5 Å². The maximum absolute atomic E-state index is 13.3. The Balaban J connectivity index is 0.000000183. The van der Waals surface area contributed by atoms with Crippen LogP contribution in [-0.4, -0.2) is 95.9 Å². The van der Waals surface area contributed by atoms with E-state index in [0.717, 1.165) is 110 Å². The molecule has 2 fully saturated rings. The Kier molecular flexibility index (Phi) is 15.7. The van der Waals surface area contributed by atoms with Gasteiger partial charge in [-0.15, -0.1) is 0 Å². The van der Waals surface area contributed by atoms with Gasteiger partial charge in [-0.3, -0.25) is 0 Å². The van der Waals surface area contributed by atoms with Crippen LogP contribution >= 0.6 is 0 Å². The van der Waals surface area contributed by atoms with E-state index in [1.807, 2.05) is 48.5 Å². The first-order valence-corrected chi connectivity index (χ1v) is 20.6. The quantitative estimate of drug-likeness (QED) is 0.0960. The van der Waals surface area contributed by atoms with Gasteiger partial charge in [-0.25, -0.2) is 28.3 Å². The van der Waals surface area contributed by atoms with Gasteiger partial charge in [-0.05, 0) is 99.1 Å². The van der Waals surface area contributed by atoms with Crippen LogP contribution in [0.4, 0.5) is 8.78 Å². The molecule has 0 bridgehead atoms. The van der Waals surface area contributed by atoms with Gasteiger partial charge in [0.25, 0.3) is 0 Å². The first-order valence-electron chi connectivity index (χ1n) is 20.6. The Bertz CT molecular complexity index is 2260. The number of aromatic nitrogens is 4. The lowest BCUT2D eigenvalue weighted by molar-refractivity contribution is -0.159. The molecule has 8 rings (SSSR count). The third-order valence-corrected chi connectivity index (χ3v) is 11.2. The number of hydrogen-bond acceptors (Lipinski definition) is 10. The Labute approximate surface area is 358 Å². The number of nitrogens with zero attached hydrogens (tertiary/aromatic N) is 4. The second kappa shape index (κ2) is 21.5. The molecule has 2 aromatic heterocycles. The number of carboxylic acid groups (broad SMARTS) is 2. The molecule has 16 heteroatoms. The Morgan fingerprint density at radius 1 is 0.581 bits per heavy atom. The van der Waals surface area contributed by atoms with Crippen LogP contribution in [0.3, 0.4) is 0 Å². The number of ether oxygens (including phenoxy) is 4. The summed E-state index contributed by atoms with van der Waals surface area (Å²) in [6, 6.07) is 21.2. The molecule has 0 aliphatic carbocycles. The number of aliphatic carboxylic acids is 2. The predicted molar refractivity (Wildman–Crippen MR) is 231 cm³/mol. The van der Waals surface area contributed by atoms with E-state index in [1.54, 1.807) is 28.4 Å². The molecule has 4 heterocycles. The molecular formula is C46H54F2N6O8. The van der Waals surface area contributed by atoms with Crippen molar-refractivity contribution in [1.82, 2.24) is 29.7 Å². The van der Waals surface area contributed by atoms with Gasteiger partial charge in [-0.1, -0.05) is 24.3 Å². The second-order valence-electron chi connectivity index (χ2n) is 15.3. The minimum atomic E-state index is -1.82. The fraction of sp³-hybridized carbons (Fsp3) is 0.391. The monoisotopic (exact) mass is 856 g/mol. The zero-order valence-corrected chi connectivity index (χ0v) is 35.5. The van der Waals surface area contributed by atoms with Crippen molar-refractivity contribution in [2.75, 3.05) is 54.6 Å². The fourth-order valence-corrected chi connectivity index (χ4v) is 7.90. The highest BCUT2D eigenvalue weighted by molar-refractivity contribution is 6.27. The van der Waals surface area contributed by atoms with Crippen LogP contribution in [0.1, 0.15) is 48.5 Å². The molecular weight excluding hydrogens is 803 g/mol. The van der Waals surface area contributed by atoms with Crippen molar-refractivity contribution in [3.8, 4) is 23.0 Å². The zero-order valence-electron chi connectivity index (χ0n) is 35.5. The minimum absolute atomic E-state index is 0.222. The molecule has 2 aliphatic heterocycles. The predicted octanol–water partition coefficient (Wildman–Crippen LogP) is 6.72. The van der Waals surface area contributed by atoms with Crippen molar-refractivity contribution >= 4 is 34.0 Å². The Morgan fingerprint density at radius 3 is 1.21 bits per heavy atom. The van der Waals surface area contributed by atoms with Crippen LogP contribution in [0.2, 0.25) is 0 Å². The van der Waals surface area contributed by atoms with Gasteiger partial charge in [0.05, 0.1) is 50.5 Å². The van der Waals surface area contributed by atoms with Gasteiger partial charge in [0.1, 0.15) is 23.3 Å². The first-order chi connectivity index (χ1) is 30.0. The van der Waals surface area contributed by atoms with E-state index in [0.29, 0.717) is 47.9 Å². The molecule has 2 aliphatic rings. The van der Waals surface area contributed by atoms with E-state index in [-0.39, 0.29) is 11.6 Å². The molecule has 0 amide bonds. The number of imidazole rings is 2. The fourth-order valence-electron chi connectivity index (χ4n) is 7.90. The summed E-state index contributed by atoms with van der Waals surface area (Å²) in [7, 11) is 6.55. The molecule has 0 atom stereocenters. The maximum atomic E-state index is 13.3. The largest absolute Gasteiger partial charge is 0.493 e. The number of piperidine rings is 2. The third-order valence-electron chi connectivity index (χ3n) is 11.2. The number of hydrogen-bond donors (Lipinski definition) is 4. The summed E-state index contributed by atoms with van der Waals surface area (Å²) < 4.78 is 53.0. The van der Waals surface area contributed by atoms with E-state index < -0.39 is 11.9 Å². The van der Waals surface area contributed by atoms with Crippen LogP contribution in [0.15, 0.2) is 72.8 Å². The normalized spacial score (nSPS) is 14.4. The lowest BCUT2D eigenvalue weighted by Gasteiger charge is -2.22. The number of carboxylic acids is 2. The summed E-state index contributed by atoms with van der Waals surface area (Å²) in [6.07, 6.45) is 6.50. The van der Waals surface area contributed by atoms with Crippen LogP contribution in [0.5, 0.6) is 23.0 Å². The molecule has 330 valence electrons. The van der Waals surface area contributed by atoms with Crippen LogP contribution in [0.25, 0.3) is 22.1 Å². The molecule has 14 nitrogen and oxygen atoms in total. The van der Waals surface area contributed by atoms with Crippen LogP contribution in [-0.2, 0) is 35.5 Å². The Hall–Kier alpha value is -6.26. The second-order valence-corrected chi connectivity index (χ2v) is 15.3. The summed E-state index contributed by atoms with van der Waals surface area (Å²) in [6.45, 7) is 5.53. The van der Waals surface area contributed by atoms with Gasteiger partial charge in [0, 0.05) is 50.2 Å². The van der Waals surface area contributed by atoms with E-state index in [4.69, 9.17) is 48.7 Å². The SMILES string of the molecule is COc1cc2nc(CC3CCNCC3)n(Cc3ccc(F)cc3)c2cc1OC.COc1cc2nc(CC3CCNCC3)n(Cc3ccc(F)cc3)c2cc1OC.O=C(O)C(=O)O. The molecule has 6 aromatic rings. The molecule has 2 saturated heterocycles. The average Bonchev–Trinajstić information content (AvgIpc) is 3.79. The summed E-state index contributed by atoms with van der Waals surface area (Å²) in [5.74, 6) is 1.98. The lowest BCUT2D eigenvalue weighted by atomic mass is 9.94. The van der Waals surface area contributed by atoms with Gasteiger partial charge in [0.15, 0.2) is 23.0 Å². The third kappa shape index (κ3) is 11.6. The first kappa shape index (κ1) is 45.3.